The van der Waals surface area contributed by atoms with Crippen molar-refractivity contribution in [1.29, 1.82) is 0 Å². The second-order valence-electron chi connectivity index (χ2n) is 8.08. The van der Waals surface area contributed by atoms with E-state index in [4.69, 9.17) is 10.2 Å². The zero-order valence-corrected chi connectivity index (χ0v) is 23.3. The number of phenolic OH excluding ortho intramolecular Hbond substituents is 2. The van der Waals surface area contributed by atoms with E-state index in [2.05, 4.69) is 52.0 Å². The second kappa shape index (κ2) is 15.7. The minimum absolute atomic E-state index is 0. The van der Waals surface area contributed by atoms with Crippen molar-refractivity contribution in [3.63, 3.8) is 0 Å². The second-order valence-corrected chi connectivity index (χ2v) is 8.08. The Bertz CT molecular complexity index is 1000. The fourth-order valence-electron chi connectivity index (χ4n) is 2.79. The number of rotatable bonds is 0. The molecule has 198 valence electrons. The average molecular weight is 602 g/mol. The normalized spacial score (nSPS) is 14.1. The van der Waals surface area contributed by atoms with Crippen molar-refractivity contribution < 1.29 is 62.8 Å². The first kappa shape index (κ1) is 34.5. The standard InChI is InChI=1S/2C7H5F3O.2C7H9.Zr/c2*8-7(9,10)5-1-3-6(11)4-2-5;2*1-6-3-4-7(2)5-6;/h2*1-4,11H;2*3H,4H2,1-2H3;/q;;2*-1;+2. The molecule has 0 saturated carbocycles. The van der Waals surface area contributed by atoms with Crippen LogP contribution in [0.3, 0.4) is 0 Å². The van der Waals surface area contributed by atoms with Gasteiger partial charge in [-0.3, -0.25) is 12.2 Å². The topological polar surface area (TPSA) is 40.5 Å². The number of allylic oxidation sites excluding steroid dienone is 8. The maximum Gasteiger partial charge on any atom is 2.00 e. The zero-order valence-electron chi connectivity index (χ0n) is 20.8. The molecule has 0 aromatic heterocycles. The summed E-state index contributed by atoms with van der Waals surface area (Å²) in [5.41, 5.74) is 3.79. The summed E-state index contributed by atoms with van der Waals surface area (Å²) in [6, 6.07) is 7.33. The van der Waals surface area contributed by atoms with Gasteiger partial charge in [-0.15, -0.1) is 0 Å². The summed E-state index contributed by atoms with van der Waals surface area (Å²) >= 11 is 0. The molecule has 0 amide bonds. The smallest absolute Gasteiger partial charge is 0.508 e. The van der Waals surface area contributed by atoms with Crippen LogP contribution in [0.1, 0.15) is 51.7 Å². The van der Waals surface area contributed by atoms with Gasteiger partial charge in [-0.05, 0) is 48.5 Å². The Morgan fingerprint density at radius 3 is 0.973 bits per heavy atom. The molecule has 37 heavy (non-hydrogen) atoms. The van der Waals surface area contributed by atoms with Gasteiger partial charge in [-0.2, -0.15) is 37.5 Å². The number of halogens is 6. The summed E-state index contributed by atoms with van der Waals surface area (Å²) in [6.07, 6.45) is 4.35. The molecule has 0 unspecified atom stereocenters. The first-order chi connectivity index (χ1) is 16.6. The molecule has 2 aliphatic rings. The van der Waals surface area contributed by atoms with Crippen molar-refractivity contribution in [3.05, 3.63) is 106 Å². The van der Waals surface area contributed by atoms with Gasteiger partial charge in [0.05, 0.1) is 11.1 Å². The van der Waals surface area contributed by atoms with Gasteiger partial charge in [0.15, 0.2) is 0 Å². The molecule has 0 bridgehead atoms. The summed E-state index contributed by atoms with van der Waals surface area (Å²) in [4.78, 5) is 0. The van der Waals surface area contributed by atoms with Crippen LogP contribution in [0.15, 0.2) is 83.0 Å². The summed E-state index contributed by atoms with van der Waals surface area (Å²) < 4.78 is 71.0. The molecule has 0 fully saturated rings. The van der Waals surface area contributed by atoms with E-state index in [1.807, 2.05) is 0 Å². The van der Waals surface area contributed by atoms with Crippen LogP contribution in [0.5, 0.6) is 11.5 Å². The number of phenols is 2. The molecule has 0 aliphatic heterocycles. The first-order valence-electron chi connectivity index (χ1n) is 10.8. The van der Waals surface area contributed by atoms with Crippen LogP contribution in [0.2, 0.25) is 0 Å². The van der Waals surface area contributed by atoms with Crippen molar-refractivity contribution in [2.75, 3.05) is 0 Å². The summed E-state index contributed by atoms with van der Waals surface area (Å²) in [6.45, 7) is 8.37. The maximum atomic E-state index is 11.8. The number of benzene rings is 2. The molecule has 9 heteroatoms. The predicted molar refractivity (Wildman–Crippen MR) is 128 cm³/mol. The molecule has 2 aliphatic carbocycles. The van der Waals surface area contributed by atoms with Crippen molar-refractivity contribution in [2.24, 2.45) is 0 Å². The largest absolute Gasteiger partial charge is 2.00 e. The van der Waals surface area contributed by atoms with Gasteiger partial charge in [0.2, 0.25) is 0 Å². The monoisotopic (exact) mass is 600 g/mol. The van der Waals surface area contributed by atoms with Crippen LogP contribution in [-0.2, 0) is 38.6 Å². The number of aromatic hydroxyl groups is 2. The third-order valence-electron chi connectivity index (χ3n) is 4.64. The third-order valence-corrected chi connectivity index (χ3v) is 4.64. The molecule has 0 heterocycles. The average Bonchev–Trinajstić information content (AvgIpc) is 3.34. The van der Waals surface area contributed by atoms with E-state index in [0.29, 0.717) is 0 Å². The fourth-order valence-corrected chi connectivity index (χ4v) is 2.79. The van der Waals surface area contributed by atoms with Crippen molar-refractivity contribution >= 4 is 0 Å². The van der Waals surface area contributed by atoms with Crippen molar-refractivity contribution in [3.8, 4) is 11.5 Å². The Morgan fingerprint density at radius 2 is 0.838 bits per heavy atom. The van der Waals surface area contributed by atoms with Gasteiger partial charge in [0.1, 0.15) is 11.5 Å². The van der Waals surface area contributed by atoms with Gasteiger partial charge in [0.25, 0.3) is 0 Å². The number of alkyl halides is 6. The van der Waals surface area contributed by atoms with E-state index in [1.54, 1.807) is 0 Å². The van der Waals surface area contributed by atoms with Gasteiger partial charge in [-0.1, -0.05) is 40.5 Å². The van der Waals surface area contributed by atoms with E-state index in [9.17, 15) is 26.3 Å². The molecule has 0 spiro atoms. The molecule has 0 atom stereocenters. The maximum absolute atomic E-state index is 11.8. The van der Waals surface area contributed by atoms with Crippen molar-refractivity contribution in [2.45, 2.75) is 52.9 Å². The van der Waals surface area contributed by atoms with E-state index >= 15 is 0 Å². The van der Waals surface area contributed by atoms with Crippen LogP contribution < -0.4 is 0 Å². The summed E-state index contributed by atoms with van der Waals surface area (Å²) in [5, 5.41) is 17.3. The molecule has 4 rings (SSSR count). The molecule has 0 radical (unpaired) electrons. The van der Waals surface area contributed by atoms with Gasteiger partial charge >= 0.3 is 38.6 Å². The Kier molecular flexibility index (Phi) is 14.6. The van der Waals surface area contributed by atoms with Crippen LogP contribution in [0.4, 0.5) is 26.3 Å². The minimum Gasteiger partial charge on any atom is -0.508 e. The van der Waals surface area contributed by atoms with Gasteiger partial charge in [-0.25, -0.2) is 23.3 Å². The van der Waals surface area contributed by atoms with Crippen LogP contribution >= 0.6 is 0 Å². The number of hydrogen-bond acceptors (Lipinski definition) is 2. The molecule has 2 aromatic carbocycles. The van der Waals surface area contributed by atoms with Gasteiger partial charge < -0.3 is 10.2 Å². The van der Waals surface area contributed by atoms with Crippen LogP contribution in [0, 0.1) is 12.2 Å². The molecule has 2 nitrogen and oxygen atoms in total. The Morgan fingerprint density at radius 1 is 0.568 bits per heavy atom. The van der Waals surface area contributed by atoms with E-state index in [0.717, 1.165) is 61.4 Å². The predicted octanol–water partition coefficient (Wildman–Crippen LogP) is 8.99. The molecular formula is C28H28F6O2Zr. The van der Waals surface area contributed by atoms with Crippen LogP contribution in [0.25, 0.3) is 0 Å². The van der Waals surface area contributed by atoms with Crippen LogP contribution in [-0.4, -0.2) is 10.2 Å². The first-order valence-corrected chi connectivity index (χ1v) is 10.8. The van der Waals surface area contributed by atoms with E-state index in [1.165, 1.54) is 22.3 Å². The summed E-state index contributed by atoms with van der Waals surface area (Å²) in [7, 11) is 0. The Hall–Kier alpha value is -2.54. The molecule has 2 aromatic rings. The Balaban J connectivity index is 0.000000473. The molecule has 0 saturated heterocycles. The quantitative estimate of drug-likeness (QED) is 0.234. The summed E-state index contributed by atoms with van der Waals surface area (Å²) in [5.74, 6) is -0.337. The van der Waals surface area contributed by atoms with E-state index in [-0.39, 0.29) is 37.7 Å². The SMILES string of the molecule is CC1=[C-]C(C)=CC1.CC1=[C-]C(C)=CC1.Oc1ccc(C(F)(F)F)cc1.Oc1ccc(C(F)(F)F)cc1.[Zr+2]. The Labute approximate surface area is 232 Å². The molecular weight excluding hydrogens is 574 g/mol. The third kappa shape index (κ3) is 14.7. The number of hydrogen-bond donors (Lipinski definition) is 2. The zero-order chi connectivity index (χ0) is 27.5. The van der Waals surface area contributed by atoms with Gasteiger partial charge in [0, 0.05) is 0 Å². The molecule has 2 N–H and O–H groups in total. The van der Waals surface area contributed by atoms with E-state index < -0.39 is 23.5 Å². The minimum atomic E-state index is -4.33. The van der Waals surface area contributed by atoms with Crippen molar-refractivity contribution in [1.82, 2.24) is 0 Å². The fraction of sp³-hybridized carbons (Fsp3) is 0.286.